The quantitative estimate of drug-likeness (QED) is 0.311. The highest BCUT2D eigenvalue weighted by molar-refractivity contribution is 6.00. The van der Waals surface area contributed by atoms with Gasteiger partial charge < -0.3 is 15.4 Å². The summed E-state index contributed by atoms with van der Waals surface area (Å²) in [7, 11) is 0. The van der Waals surface area contributed by atoms with Crippen molar-refractivity contribution in [2.75, 3.05) is 30.3 Å². The number of unbranched alkanes of at least 4 members (excludes halogenated alkanes) is 1. The molecule has 0 fully saturated rings. The first kappa shape index (κ1) is 18.7. The number of aromatic nitrogens is 1. The van der Waals surface area contributed by atoms with Crippen LogP contribution in [-0.2, 0) is 4.74 Å². The number of hydrogen-bond donors (Lipinski definition) is 2. The standard InChI is InChI=1S/C15H24N4O4/c1-5-8-9-17-12-11(15(20)23-7-3)10(4)18-14(16-6-2)13(12)19(21)22/h5-9H2,1-4H3,(H2,16,17,18). The molecule has 0 aliphatic carbocycles. The fourth-order valence-corrected chi connectivity index (χ4v) is 2.18. The number of aryl methyl sites for hydroxylation is 1. The lowest BCUT2D eigenvalue weighted by atomic mass is 10.1. The maximum absolute atomic E-state index is 12.2. The minimum Gasteiger partial charge on any atom is -0.462 e. The van der Waals surface area contributed by atoms with Crippen molar-refractivity contribution in [3.05, 3.63) is 21.4 Å². The number of ether oxygens (including phenoxy) is 1. The summed E-state index contributed by atoms with van der Waals surface area (Å²) >= 11 is 0. The molecule has 23 heavy (non-hydrogen) atoms. The van der Waals surface area contributed by atoms with Crippen LogP contribution in [0.25, 0.3) is 0 Å². The van der Waals surface area contributed by atoms with E-state index in [1.54, 1.807) is 13.8 Å². The molecule has 0 bridgehead atoms. The van der Waals surface area contributed by atoms with E-state index in [2.05, 4.69) is 15.6 Å². The third kappa shape index (κ3) is 4.54. The van der Waals surface area contributed by atoms with Crippen LogP contribution >= 0.6 is 0 Å². The topological polar surface area (TPSA) is 106 Å². The van der Waals surface area contributed by atoms with Crippen LogP contribution in [0.3, 0.4) is 0 Å². The van der Waals surface area contributed by atoms with E-state index in [1.807, 2.05) is 13.8 Å². The number of carbonyl (C=O) groups excluding carboxylic acids is 1. The van der Waals surface area contributed by atoms with Gasteiger partial charge in [0.05, 0.1) is 17.2 Å². The van der Waals surface area contributed by atoms with Gasteiger partial charge in [-0.15, -0.1) is 0 Å². The first-order valence-corrected chi connectivity index (χ1v) is 7.81. The Morgan fingerprint density at radius 3 is 2.52 bits per heavy atom. The van der Waals surface area contributed by atoms with Gasteiger partial charge >= 0.3 is 11.7 Å². The van der Waals surface area contributed by atoms with Crippen molar-refractivity contribution in [2.45, 2.75) is 40.5 Å². The number of pyridine rings is 1. The molecule has 8 nitrogen and oxygen atoms in total. The molecular weight excluding hydrogens is 300 g/mol. The average molecular weight is 324 g/mol. The van der Waals surface area contributed by atoms with Crippen molar-refractivity contribution < 1.29 is 14.5 Å². The third-order valence-corrected chi connectivity index (χ3v) is 3.19. The number of nitrogens with zero attached hydrogens (tertiary/aromatic N) is 2. The Labute approximate surface area is 135 Å². The minimum atomic E-state index is -0.609. The number of rotatable bonds is 9. The van der Waals surface area contributed by atoms with Crippen LogP contribution in [0.15, 0.2) is 0 Å². The normalized spacial score (nSPS) is 10.3. The van der Waals surface area contributed by atoms with Crippen LogP contribution in [0, 0.1) is 17.0 Å². The minimum absolute atomic E-state index is 0.122. The van der Waals surface area contributed by atoms with E-state index >= 15 is 0 Å². The number of hydrogen-bond acceptors (Lipinski definition) is 7. The van der Waals surface area contributed by atoms with Gasteiger partial charge in [0, 0.05) is 13.1 Å². The zero-order valence-electron chi connectivity index (χ0n) is 14.1. The van der Waals surface area contributed by atoms with Gasteiger partial charge in [-0.25, -0.2) is 9.78 Å². The molecule has 0 aliphatic heterocycles. The van der Waals surface area contributed by atoms with Crippen molar-refractivity contribution in [3.63, 3.8) is 0 Å². The molecule has 0 amide bonds. The highest BCUT2D eigenvalue weighted by Crippen LogP contribution is 2.36. The molecule has 0 radical (unpaired) electrons. The van der Waals surface area contributed by atoms with E-state index in [9.17, 15) is 14.9 Å². The van der Waals surface area contributed by atoms with E-state index in [1.165, 1.54) is 0 Å². The highest BCUT2D eigenvalue weighted by atomic mass is 16.6. The number of carbonyl (C=O) groups is 1. The lowest BCUT2D eigenvalue weighted by Gasteiger charge is -2.16. The Morgan fingerprint density at radius 1 is 1.30 bits per heavy atom. The molecule has 0 saturated carbocycles. The summed E-state index contributed by atoms with van der Waals surface area (Å²) in [5.74, 6) is -0.454. The van der Waals surface area contributed by atoms with Gasteiger partial charge in [-0.05, 0) is 27.2 Å². The van der Waals surface area contributed by atoms with Crippen molar-refractivity contribution in [1.82, 2.24) is 4.98 Å². The number of anilines is 2. The number of esters is 1. The summed E-state index contributed by atoms with van der Waals surface area (Å²) in [6, 6.07) is 0. The molecule has 1 rings (SSSR count). The predicted octanol–water partition coefficient (Wildman–Crippen LogP) is 3.12. The van der Waals surface area contributed by atoms with E-state index in [4.69, 9.17) is 4.74 Å². The van der Waals surface area contributed by atoms with Crippen LogP contribution in [0.4, 0.5) is 17.2 Å². The Kier molecular flexibility index (Phi) is 7.24. The molecule has 1 aromatic heterocycles. The fourth-order valence-electron chi connectivity index (χ4n) is 2.18. The maximum Gasteiger partial charge on any atom is 0.342 e. The second-order valence-corrected chi connectivity index (χ2v) is 4.93. The lowest BCUT2D eigenvalue weighted by molar-refractivity contribution is -0.383. The predicted molar refractivity (Wildman–Crippen MR) is 89.1 cm³/mol. The molecule has 0 spiro atoms. The molecule has 0 unspecified atom stereocenters. The Morgan fingerprint density at radius 2 is 2.00 bits per heavy atom. The van der Waals surface area contributed by atoms with Gasteiger partial charge in [-0.2, -0.15) is 0 Å². The van der Waals surface area contributed by atoms with Crippen molar-refractivity contribution in [1.29, 1.82) is 0 Å². The zero-order valence-corrected chi connectivity index (χ0v) is 14.1. The molecule has 0 aliphatic rings. The summed E-state index contributed by atoms with van der Waals surface area (Å²) in [4.78, 5) is 27.4. The highest BCUT2D eigenvalue weighted by Gasteiger charge is 2.30. The largest absolute Gasteiger partial charge is 0.462 e. The fraction of sp³-hybridized carbons (Fsp3) is 0.600. The van der Waals surface area contributed by atoms with Crippen molar-refractivity contribution in [3.8, 4) is 0 Å². The molecular formula is C15H24N4O4. The second kappa shape index (κ2) is 8.92. The first-order chi connectivity index (χ1) is 11.0. The molecule has 0 saturated heterocycles. The van der Waals surface area contributed by atoms with Crippen LogP contribution in [0.5, 0.6) is 0 Å². The zero-order chi connectivity index (χ0) is 17.4. The molecule has 1 heterocycles. The Bertz CT molecular complexity index is 575. The summed E-state index contributed by atoms with van der Waals surface area (Å²) in [6.07, 6.45) is 1.76. The molecule has 0 aromatic carbocycles. The first-order valence-electron chi connectivity index (χ1n) is 7.81. The lowest BCUT2D eigenvalue weighted by Crippen LogP contribution is -2.17. The SMILES string of the molecule is CCCCNc1c(C(=O)OCC)c(C)nc(NCC)c1[N+](=O)[O-]. The van der Waals surface area contributed by atoms with Gasteiger partial charge in [0.1, 0.15) is 11.3 Å². The van der Waals surface area contributed by atoms with Crippen LogP contribution < -0.4 is 10.6 Å². The average Bonchev–Trinajstić information content (AvgIpc) is 2.47. The Hall–Kier alpha value is -2.38. The third-order valence-electron chi connectivity index (χ3n) is 3.19. The van der Waals surface area contributed by atoms with E-state index in [0.717, 1.165) is 12.8 Å². The van der Waals surface area contributed by atoms with Crippen molar-refractivity contribution in [2.24, 2.45) is 0 Å². The number of nitro groups is 1. The Balaban J connectivity index is 3.50. The van der Waals surface area contributed by atoms with Gasteiger partial charge in [0.25, 0.3) is 0 Å². The summed E-state index contributed by atoms with van der Waals surface area (Å²) in [6.45, 7) is 8.37. The maximum atomic E-state index is 12.2. The summed E-state index contributed by atoms with van der Waals surface area (Å²) < 4.78 is 5.03. The molecule has 128 valence electrons. The van der Waals surface area contributed by atoms with Crippen molar-refractivity contribution >= 4 is 23.2 Å². The van der Waals surface area contributed by atoms with Gasteiger partial charge in [-0.3, -0.25) is 10.1 Å². The molecule has 1 aromatic rings. The van der Waals surface area contributed by atoms with Crippen LogP contribution in [-0.4, -0.2) is 35.6 Å². The van der Waals surface area contributed by atoms with Crippen LogP contribution in [0.2, 0.25) is 0 Å². The van der Waals surface area contributed by atoms with Gasteiger partial charge in [-0.1, -0.05) is 13.3 Å². The van der Waals surface area contributed by atoms with Crippen LogP contribution in [0.1, 0.15) is 49.7 Å². The van der Waals surface area contributed by atoms with E-state index < -0.39 is 10.9 Å². The molecule has 0 atom stereocenters. The van der Waals surface area contributed by atoms with Gasteiger partial charge in [0.15, 0.2) is 0 Å². The van der Waals surface area contributed by atoms with E-state index in [-0.39, 0.29) is 29.4 Å². The summed E-state index contributed by atoms with van der Waals surface area (Å²) in [5.41, 5.74) is 0.460. The smallest absolute Gasteiger partial charge is 0.342 e. The summed E-state index contributed by atoms with van der Waals surface area (Å²) in [5, 5.41) is 17.4. The second-order valence-electron chi connectivity index (χ2n) is 4.93. The van der Waals surface area contributed by atoms with Gasteiger partial charge in [0.2, 0.25) is 5.82 Å². The number of nitrogens with one attached hydrogen (secondary N) is 2. The molecule has 8 heteroatoms. The monoisotopic (exact) mass is 324 g/mol. The van der Waals surface area contributed by atoms with E-state index in [0.29, 0.717) is 18.8 Å². The molecule has 2 N–H and O–H groups in total.